The van der Waals surface area contributed by atoms with E-state index in [0.29, 0.717) is 24.9 Å². The van der Waals surface area contributed by atoms with E-state index >= 15 is 0 Å². The molecule has 0 heterocycles. The highest BCUT2D eigenvalue weighted by molar-refractivity contribution is 7.99. The molecule has 0 fully saturated rings. The first-order chi connectivity index (χ1) is 18.9. The number of rotatable bonds is 20. The first-order valence-electron chi connectivity index (χ1n) is 14.0. The summed E-state index contributed by atoms with van der Waals surface area (Å²) in [5.74, 6) is 0.913. The van der Waals surface area contributed by atoms with Crippen LogP contribution in [0.25, 0.3) is 0 Å². The number of carbonyl (C=O) groups excluding carboxylic acids is 3. The highest BCUT2D eigenvalue weighted by Crippen LogP contribution is 2.28. The average molecular weight is 574 g/mol. The Morgan fingerprint density at radius 1 is 1.05 bits per heavy atom. The van der Waals surface area contributed by atoms with Crippen molar-refractivity contribution in [3.05, 3.63) is 58.1 Å². The summed E-state index contributed by atoms with van der Waals surface area (Å²) in [4.78, 5) is 38.0. The quantitative estimate of drug-likeness (QED) is 0.102. The number of halogens is 1. The molecular weight excluding hydrogens is 530 g/mol. The van der Waals surface area contributed by atoms with E-state index in [1.807, 2.05) is 43.1 Å². The van der Waals surface area contributed by atoms with Crippen LogP contribution in [0.4, 0.5) is 5.69 Å². The molecule has 2 aromatic rings. The van der Waals surface area contributed by atoms with Gasteiger partial charge in [-0.1, -0.05) is 61.9 Å². The van der Waals surface area contributed by atoms with Crippen molar-refractivity contribution in [3.63, 3.8) is 0 Å². The standard InChI is InChI=1S/C31H44ClN3O3S/c1-24-14-15-26(20-29(24)32)34-18-9-7-5-4-6-8-10-19-39-30-13-11-12-25(22-36)28(30)21-35(3)27(23-37)16-17-31(38)33-2/h11-15,20,22-23,27,34H,4-10,16-19,21H2,1-3H3,(H,33,38). The summed E-state index contributed by atoms with van der Waals surface area (Å²) >= 11 is 7.96. The number of nitrogens with zero attached hydrogens (tertiary/aromatic N) is 1. The first-order valence-corrected chi connectivity index (χ1v) is 15.3. The molecule has 2 N–H and O–H groups in total. The van der Waals surface area contributed by atoms with E-state index in [-0.39, 0.29) is 11.9 Å². The fourth-order valence-corrected chi connectivity index (χ4v) is 5.67. The van der Waals surface area contributed by atoms with Crippen LogP contribution in [0.1, 0.15) is 79.3 Å². The van der Waals surface area contributed by atoms with Gasteiger partial charge in [0.05, 0.1) is 6.04 Å². The average Bonchev–Trinajstić information content (AvgIpc) is 2.94. The van der Waals surface area contributed by atoms with Crippen LogP contribution in [-0.2, 0) is 16.1 Å². The van der Waals surface area contributed by atoms with Gasteiger partial charge in [0, 0.05) is 47.7 Å². The maximum atomic E-state index is 11.7. The Morgan fingerprint density at radius 3 is 2.44 bits per heavy atom. The molecule has 0 spiro atoms. The summed E-state index contributed by atoms with van der Waals surface area (Å²) in [7, 11) is 3.46. The molecule has 6 nitrogen and oxygen atoms in total. The molecule has 0 radical (unpaired) electrons. The molecule has 39 heavy (non-hydrogen) atoms. The second-order valence-electron chi connectivity index (χ2n) is 9.99. The van der Waals surface area contributed by atoms with Crippen LogP contribution < -0.4 is 10.6 Å². The summed E-state index contributed by atoms with van der Waals surface area (Å²) in [5, 5.41) is 6.85. The molecule has 0 aliphatic carbocycles. The minimum atomic E-state index is -0.378. The van der Waals surface area contributed by atoms with Crippen LogP contribution in [0.15, 0.2) is 41.3 Å². The van der Waals surface area contributed by atoms with Gasteiger partial charge in [0.25, 0.3) is 0 Å². The number of amides is 1. The maximum absolute atomic E-state index is 11.7. The molecule has 0 aliphatic rings. The van der Waals surface area contributed by atoms with Crippen LogP contribution in [0.3, 0.4) is 0 Å². The SMILES string of the molecule is CNC(=O)CCC(C=O)N(C)Cc1c(C=O)cccc1SCCCCCCCCCNc1ccc(C)c(Cl)c1. The number of aryl methyl sites for hydroxylation is 1. The van der Waals surface area contributed by atoms with E-state index in [1.165, 1.54) is 32.1 Å². The van der Waals surface area contributed by atoms with E-state index in [0.717, 1.165) is 64.4 Å². The van der Waals surface area contributed by atoms with Gasteiger partial charge in [-0.05, 0) is 68.3 Å². The number of unbranched alkanes of at least 4 members (excludes halogenated alkanes) is 6. The van der Waals surface area contributed by atoms with E-state index < -0.39 is 0 Å². The summed E-state index contributed by atoms with van der Waals surface area (Å²) in [5.41, 5.74) is 3.79. The summed E-state index contributed by atoms with van der Waals surface area (Å²) in [6, 6.07) is 11.5. The molecule has 2 aromatic carbocycles. The van der Waals surface area contributed by atoms with Crippen LogP contribution in [-0.4, -0.2) is 55.8 Å². The van der Waals surface area contributed by atoms with Gasteiger partial charge in [0.15, 0.2) is 0 Å². The highest BCUT2D eigenvalue weighted by Gasteiger charge is 2.18. The lowest BCUT2D eigenvalue weighted by Gasteiger charge is -2.25. The fraction of sp³-hybridized carbons (Fsp3) is 0.516. The van der Waals surface area contributed by atoms with Crippen molar-refractivity contribution < 1.29 is 14.4 Å². The van der Waals surface area contributed by atoms with E-state index in [2.05, 4.69) is 22.8 Å². The zero-order valence-corrected chi connectivity index (χ0v) is 25.2. The molecule has 1 atom stereocenters. The minimum Gasteiger partial charge on any atom is -0.385 e. The lowest BCUT2D eigenvalue weighted by Crippen LogP contribution is -2.34. The molecule has 8 heteroatoms. The van der Waals surface area contributed by atoms with Gasteiger partial charge >= 0.3 is 0 Å². The van der Waals surface area contributed by atoms with E-state index in [4.69, 9.17) is 11.6 Å². The number of hydrogen-bond acceptors (Lipinski definition) is 6. The fourth-order valence-electron chi connectivity index (χ4n) is 4.39. The number of anilines is 1. The minimum absolute atomic E-state index is 0.0827. The number of nitrogens with one attached hydrogen (secondary N) is 2. The summed E-state index contributed by atoms with van der Waals surface area (Å²) in [6.07, 6.45) is 11.0. The third kappa shape index (κ3) is 12.1. The zero-order valence-electron chi connectivity index (χ0n) is 23.6. The topological polar surface area (TPSA) is 78.5 Å². The molecule has 0 saturated carbocycles. The first kappa shape index (κ1) is 32.9. The van der Waals surface area contributed by atoms with Crippen molar-refractivity contribution in [1.29, 1.82) is 0 Å². The summed E-state index contributed by atoms with van der Waals surface area (Å²) < 4.78 is 0. The highest BCUT2D eigenvalue weighted by atomic mass is 35.5. The monoisotopic (exact) mass is 573 g/mol. The van der Waals surface area contributed by atoms with Gasteiger partial charge in [0.2, 0.25) is 5.91 Å². The molecular formula is C31H44ClN3O3S. The van der Waals surface area contributed by atoms with Gasteiger partial charge < -0.3 is 15.4 Å². The Bertz CT molecular complexity index is 1050. The number of aldehydes is 2. The van der Waals surface area contributed by atoms with Crippen molar-refractivity contribution >= 4 is 47.5 Å². The molecule has 0 saturated heterocycles. The van der Waals surface area contributed by atoms with Crippen molar-refractivity contribution in [1.82, 2.24) is 10.2 Å². The molecule has 1 amide bonds. The van der Waals surface area contributed by atoms with E-state index in [1.54, 1.807) is 18.8 Å². The lowest BCUT2D eigenvalue weighted by molar-refractivity contribution is -0.121. The normalized spacial score (nSPS) is 11.8. The van der Waals surface area contributed by atoms with Crippen LogP contribution in [0, 0.1) is 6.92 Å². The Balaban J connectivity index is 1.67. The predicted octanol–water partition coefficient (Wildman–Crippen LogP) is 6.92. The Hall–Kier alpha value is -2.35. The maximum Gasteiger partial charge on any atom is 0.219 e. The Morgan fingerprint density at radius 2 is 1.77 bits per heavy atom. The van der Waals surface area contributed by atoms with Crippen molar-refractivity contribution in [3.8, 4) is 0 Å². The Labute approximate surface area is 243 Å². The van der Waals surface area contributed by atoms with Gasteiger partial charge in [-0.15, -0.1) is 11.8 Å². The zero-order chi connectivity index (χ0) is 28.5. The summed E-state index contributed by atoms with van der Waals surface area (Å²) in [6.45, 7) is 3.47. The number of likely N-dealkylation sites (N-methyl/N-ethyl adjacent to an activating group) is 1. The number of thioether (sulfide) groups is 1. The smallest absolute Gasteiger partial charge is 0.219 e. The second-order valence-corrected chi connectivity index (χ2v) is 11.5. The van der Waals surface area contributed by atoms with E-state index in [9.17, 15) is 14.4 Å². The molecule has 0 aromatic heterocycles. The van der Waals surface area contributed by atoms with Crippen LogP contribution in [0.5, 0.6) is 0 Å². The van der Waals surface area contributed by atoms with Gasteiger partial charge in [-0.25, -0.2) is 0 Å². The third-order valence-electron chi connectivity index (χ3n) is 6.95. The number of carbonyl (C=O) groups is 3. The molecule has 214 valence electrons. The number of hydrogen-bond donors (Lipinski definition) is 2. The molecule has 1 unspecified atom stereocenters. The van der Waals surface area contributed by atoms with Gasteiger partial charge in [0.1, 0.15) is 12.6 Å². The van der Waals surface area contributed by atoms with Crippen molar-refractivity contribution in [2.24, 2.45) is 0 Å². The van der Waals surface area contributed by atoms with Crippen molar-refractivity contribution in [2.75, 3.05) is 31.7 Å². The van der Waals surface area contributed by atoms with Crippen LogP contribution >= 0.6 is 23.4 Å². The van der Waals surface area contributed by atoms with Gasteiger partial charge in [-0.2, -0.15) is 0 Å². The van der Waals surface area contributed by atoms with Crippen LogP contribution in [0.2, 0.25) is 5.02 Å². The second kappa shape index (κ2) is 18.9. The third-order valence-corrected chi connectivity index (χ3v) is 8.55. The van der Waals surface area contributed by atoms with Gasteiger partial charge in [-0.3, -0.25) is 14.5 Å². The molecule has 0 bridgehead atoms. The predicted molar refractivity (Wildman–Crippen MR) is 164 cm³/mol. The van der Waals surface area contributed by atoms with Crippen molar-refractivity contribution in [2.45, 2.75) is 82.2 Å². The number of benzene rings is 2. The Kier molecular flexibility index (Phi) is 15.9. The lowest BCUT2D eigenvalue weighted by atomic mass is 10.1. The molecule has 0 aliphatic heterocycles. The largest absolute Gasteiger partial charge is 0.385 e. The molecule has 2 rings (SSSR count).